The molecule has 8 nitrogen and oxygen atoms in total. The predicted octanol–water partition coefficient (Wildman–Crippen LogP) is 0.0986. The second kappa shape index (κ2) is 6.79. The van der Waals surface area contributed by atoms with Crippen molar-refractivity contribution in [2.24, 2.45) is 0 Å². The Bertz CT molecular complexity index is 832. The van der Waals surface area contributed by atoms with Crippen LogP contribution in [0.4, 0.5) is 0 Å². The van der Waals surface area contributed by atoms with E-state index in [1.165, 1.54) is 15.8 Å². The molecule has 1 saturated heterocycles. The van der Waals surface area contributed by atoms with Crippen molar-refractivity contribution in [3.63, 3.8) is 0 Å². The molecule has 126 valence electrons. The Labute approximate surface area is 137 Å². The summed E-state index contributed by atoms with van der Waals surface area (Å²) in [5.74, 6) is -1.22. The highest BCUT2D eigenvalue weighted by atomic mass is 16.5. The van der Waals surface area contributed by atoms with Crippen LogP contribution in [0.5, 0.6) is 0 Å². The van der Waals surface area contributed by atoms with Gasteiger partial charge in [0.1, 0.15) is 6.54 Å². The van der Waals surface area contributed by atoms with E-state index in [0.717, 1.165) is 0 Å². The Kier molecular flexibility index (Phi) is 4.57. The summed E-state index contributed by atoms with van der Waals surface area (Å²) in [5, 5.41) is 9.28. The lowest BCUT2D eigenvalue weighted by Crippen LogP contribution is -2.48. The van der Waals surface area contributed by atoms with Crippen molar-refractivity contribution in [2.45, 2.75) is 19.1 Å². The summed E-state index contributed by atoms with van der Waals surface area (Å²) < 4.78 is 6.62. The van der Waals surface area contributed by atoms with Gasteiger partial charge in [0, 0.05) is 13.1 Å². The molecule has 2 aromatic rings. The van der Waals surface area contributed by atoms with Crippen LogP contribution in [-0.4, -0.2) is 57.2 Å². The van der Waals surface area contributed by atoms with E-state index in [-0.39, 0.29) is 37.6 Å². The SMILES string of the molecule is O=C(O)C[C@H]1CN(C(=O)Cn2cnc3ccccc3c2=O)CCO1. The second-order valence-electron chi connectivity index (χ2n) is 5.63. The quantitative estimate of drug-likeness (QED) is 0.852. The fraction of sp³-hybridized carbons (Fsp3) is 0.375. The van der Waals surface area contributed by atoms with Gasteiger partial charge in [-0.25, -0.2) is 4.98 Å². The summed E-state index contributed by atoms with van der Waals surface area (Å²) in [6, 6.07) is 6.95. The van der Waals surface area contributed by atoms with Gasteiger partial charge in [0.05, 0.1) is 36.4 Å². The first-order valence-corrected chi connectivity index (χ1v) is 7.60. The maximum absolute atomic E-state index is 12.4. The summed E-state index contributed by atoms with van der Waals surface area (Å²) in [6.45, 7) is 0.747. The van der Waals surface area contributed by atoms with E-state index >= 15 is 0 Å². The van der Waals surface area contributed by atoms with Crippen LogP contribution in [-0.2, 0) is 20.9 Å². The number of carbonyl (C=O) groups is 2. The number of hydrogen-bond acceptors (Lipinski definition) is 5. The van der Waals surface area contributed by atoms with Gasteiger partial charge in [-0.2, -0.15) is 0 Å². The van der Waals surface area contributed by atoms with Gasteiger partial charge in [-0.3, -0.25) is 19.0 Å². The van der Waals surface area contributed by atoms with Crippen LogP contribution < -0.4 is 5.56 Å². The number of rotatable bonds is 4. The monoisotopic (exact) mass is 331 g/mol. The maximum atomic E-state index is 12.4. The van der Waals surface area contributed by atoms with Crippen molar-refractivity contribution in [1.82, 2.24) is 14.5 Å². The smallest absolute Gasteiger partial charge is 0.306 e. The second-order valence-corrected chi connectivity index (χ2v) is 5.63. The lowest BCUT2D eigenvalue weighted by Gasteiger charge is -2.32. The van der Waals surface area contributed by atoms with Crippen LogP contribution in [0.1, 0.15) is 6.42 Å². The number of carbonyl (C=O) groups excluding carboxylic acids is 1. The molecule has 1 N–H and O–H groups in total. The molecule has 1 amide bonds. The number of morpholine rings is 1. The minimum atomic E-state index is -0.968. The molecule has 1 aliphatic rings. The molecule has 3 rings (SSSR count). The molecule has 8 heteroatoms. The standard InChI is InChI=1S/C16H17N3O5/c20-14(18-5-6-24-11(8-18)7-15(21)22)9-19-10-17-13-4-2-1-3-12(13)16(19)23/h1-4,10-11H,5-9H2,(H,21,22)/t11-/m0/s1. The molecule has 1 atom stereocenters. The normalized spacial score (nSPS) is 17.8. The Morgan fingerprint density at radius 3 is 2.92 bits per heavy atom. The summed E-state index contributed by atoms with van der Waals surface area (Å²) in [7, 11) is 0. The Morgan fingerprint density at radius 2 is 2.12 bits per heavy atom. The fourth-order valence-electron chi connectivity index (χ4n) is 2.73. The van der Waals surface area contributed by atoms with E-state index in [4.69, 9.17) is 9.84 Å². The predicted molar refractivity (Wildman–Crippen MR) is 84.6 cm³/mol. The number of carboxylic acid groups (broad SMARTS) is 1. The van der Waals surface area contributed by atoms with Crippen LogP contribution in [0, 0.1) is 0 Å². The fourth-order valence-corrected chi connectivity index (χ4v) is 2.73. The summed E-state index contributed by atoms with van der Waals surface area (Å²) in [4.78, 5) is 41.3. The number of nitrogens with zero attached hydrogens (tertiary/aromatic N) is 3. The van der Waals surface area contributed by atoms with Crippen molar-refractivity contribution in [1.29, 1.82) is 0 Å². The minimum absolute atomic E-state index is 0.129. The number of fused-ring (bicyclic) bond motifs is 1. The lowest BCUT2D eigenvalue weighted by molar-refractivity contribution is -0.148. The first-order chi connectivity index (χ1) is 11.5. The average molecular weight is 331 g/mol. The number of aromatic nitrogens is 2. The van der Waals surface area contributed by atoms with Crippen LogP contribution in [0.15, 0.2) is 35.4 Å². The van der Waals surface area contributed by atoms with Crippen LogP contribution in [0.3, 0.4) is 0 Å². The molecule has 0 unspecified atom stereocenters. The van der Waals surface area contributed by atoms with E-state index < -0.39 is 12.1 Å². The third-order valence-corrected chi connectivity index (χ3v) is 3.93. The topological polar surface area (TPSA) is 102 Å². The molecule has 0 saturated carbocycles. The van der Waals surface area contributed by atoms with E-state index in [1.807, 2.05) is 0 Å². The van der Waals surface area contributed by atoms with Gasteiger partial charge < -0.3 is 14.7 Å². The van der Waals surface area contributed by atoms with Gasteiger partial charge in [0.25, 0.3) is 5.56 Å². The molecule has 0 spiro atoms. The number of ether oxygens (including phenoxy) is 1. The first-order valence-electron chi connectivity index (χ1n) is 7.60. The molecule has 0 aliphatic carbocycles. The number of hydrogen-bond donors (Lipinski definition) is 1. The van der Waals surface area contributed by atoms with Gasteiger partial charge in [-0.1, -0.05) is 12.1 Å². The molecule has 0 bridgehead atoms. The molecule has 2 heterocycles. The van der Waals surface area contributed by atoms with Gasteiger partial charge in [0.15, 0.2) is 0 Å². The highest BCUT2D eigenvalue weighted by Crippen LogP contribution is 2.10. The lowest BCUT2D eigenvalue weighted by atomic mass is 10.2. The third kappa shape index (κ3) is 3.43. The average Bonchev–Trinajstić information content (AvgIpc) is 2.57. The van der Waals surface area contributed by atoms with Crippen molar-refractivity contribution < 1.29 is 19.4 Å². The maximum Gasteiger partial charge on any atom is 0.306 e. The van der Waals surface area contributed by atoms with Crippen molar-refractivity contribution in [3.8, 4) is 0 Å². The van der Waals surface area contributed by atoms with Crippen LogP contribution in [0.2, 0.25) is 0 Å². The van der Waals surface area contributed by atoms with E-state index in [9.17, 15) is 14.4 Å². The highest BCUT2D eigenvalue weighted by molar-refractivity contribution is 5.79. The molecule has 24 heavy (non-hydrogen) atoms. The molecule has 1 aromatic heterocycles. The minimum Gasteiger partial charge on any atom is -0.481 e. The third-order valence-electron chi connectivity index (χ3n) is 3.93. The van der Waals surface area contributed by atoms with Gasteiger partial charge in [-0.05, 0) is 12.1 Å². The number of benzene rings is 1. The van der Waals surface area contributed by atoms with Gasteiger partial charge in [0.2, 0.25) is 5.91 Å². The van der Waals surface area contributed by atoms with E-state index in [0.29, 0.717) is 17.4 Å². The summed E-state index contributed by atoms with van der Waals surface area (Å²) in [6.07, 6.45) is 0.686. The largest absolute Gasteiger partial charge is 0.481 e. The molecule has 1 aliphatic heterocycles. The van der Waals surface area contributed by atoms with Gasteiger partial charge >= 0.3 is 5.97 Å². The number of para-hydroxylation sites is 1. The van der Waals surface area contributed by atoms with E-state index in [1.54, 1.807) is 24.3 Å². The molecular weight excluding hydrogens is 314 g/mol. The summed E-state index contributed by atoms with van der Waals surface area (Å²) >= 11 is 0. The molecule has 1 aromatic carbocycles. The van der Waals surface area contributed by atoms with Crippen LogP contribution >= 0.6 is 0 Å². The zero-order valence-corrected chi connectivity index (χ0v) is 12.9. The van der Waals surface area contributed by atoms with Crippen molar-refractivity contribution >= 4 is 22.8 Å². The van der Waals surface area contributed by atoms with Gasteiger partial charge in [-0.15, -0.1) is 0 Å². The number of aliphatic carboxylic acids is 1. The molecule has 1 fully saturated rings. The molecular formula is C16H17N3O5. The Balaban J connectivity index is 1.74. The first kappa shape index (κ1) is 16.1. The zero-order valence-electron chi connectivity index (χ0n) is 12.9. The summed E-state index contributed by atoms with van der Waals surface area (Å²) in [5.41, 5.74) is 0.309. The Hall–Kier alpha value is -2.74. The molecule has 0 radical (unpaired) electrons. The number of amides is 1. The highest BCUT2D eigenvalue weighted by Gasteiger charge is 2.26. The van der Waals surface area contributed by atoms with Crippen molar-refractivity contribution in [2.75, 3.05) is 19.7 Å². The van der Waals surface area contributed by atoms with E-state index in [2.05, 4.69) is 4.98 Å². The van der Waals surface area contributed by atoms with Crippen molar-refractivity contribution in [3.05, 3.63) is 40.9 Å². The zero-order chi connectivity index (χ0) is 17.1. The Morgan fingerprint density at radius 1 is 1.33 bits per heavy atom. The van der Waals surface area contributed by atoms with Crippen LogP contribution in [0.25, 0.3) is 10.9 Å². The number of carboxylic acids is 1.